The average Bonchev–Trinajstić information content (AvgIpc) is 2.41. The summed E-state index contributed by atoms with van der Waals surface area (Å²) in [5.41, 5.74) is 6.03. The van der Waals surface area contributed by atoms with Gasteiger partial charge in [0.25, 0.3) is 0 Å². The quantitative estimate of drug-likeness (QED) is 0.749. The van der Waals surface area contributed by atoms with Crippen LogP contribution in [0.15, 0.2) is 30.3 Å². The van der Waals surface area contributed by atoms with Crippen LogP contribution in [0.2, 0.25) is 0 Å². The van der Waals surface area contributed by atoms with Crippen molar-refractivity contribution in [2.75, 3.05) is 24.7 Å². The van der Waals surface area contributed by atoms with E-state index in [1.165, 1.54) is 0 Å². The van der Waals surface area contributed by atoms with Crippen molar-refractivity contribution in [1.29, 1.82) is 0 Å². The molecule has 19 heavy (non-hydrogen) atoms. The minimum Gasteiger partial charge on any atom is -0.395 e. The minimum absolute atomic E-state index is 0.0630. The Kier molecular flexibility index (Phi) is 5.97. The van der Waals surface area contributed by atoms with Crippen molar-refractivity contribution in [3.05, 3.63) is 35.9 Å². The molecule has 0 fully saturated rings. The Morgan fingerprint density at radius 2 is 1.84 bits per heavy atom. The van der Waals surface area contributed by atoms with E-state index >= 15 is 0 Å². The summed E-state index contributed by atoms with van der Waals surface area (Å²) in [6.07, 6.45) is 0.967. The third-order valence-corrected chi connectivity index (χ3v) is 5.34. The van der Waals surface area contributed by atoms with Gasteiger partial charge in [-0.2, -0.15) is 0 Å². The lowest BCUT2D eigenvalue weighted by Gasteiger charge is -2.31. The molecule has 1 unspecified atom stereocenters. The van der Waals surface area contributed by atoms with Crippen LogP contribution in [0.4, 0.5) is 0 Å². The fourth-order valence-electron chi connectivity index (χ4n) is 2.15. The van der Waals surface area contributed by atoms with Gasteiger partial charge in [0, 0.05) is 17.7 Å². The summed E-state index contributed by atoms with van der Waals surface area (Å²) in [6.45, 7) is 1.93. The highest BCUT2D eigenvalue weighted by atomic mass is 32.2. The van der Waals surface area contributed by atoms with E-state index < -0.39 is 15.3 Å². The van der Waals surface area contributed by atoms with Gasteiger partial charge in [-0.25, -0.2) is 8.42 Å². The van der Waals surface area contributed by atoms with Gasteiger partial charge >= 0.3 is 0 Å². The number of benzene rings is 1. The molecule has 108 valence electrons. The van der Waals surface area contributed by atoms with E-state index in [0.29, 0.717) is 12.8 Å². The molecule has 3 N–H and O–H groups in total. The third kappa shape index (κ3) is 4.30. The Labute approximate surface area is 115 Å². The topological polar surface area (TPSA) is 80.4 Å². The second-order valence-electron chi connectivity index (χ2n) is 4.91. The Morgan fingerprint density at radius 1 is 1.21 bits per heavy atom. The highest BCUT2D eigenvalue weighted by Crippen LogP contribution is 2.27. The van der Waals surface area contributed by atoms with Crippen LogP contribution in [0.3, 0.4) is 0 Å². The van der Waals surface area contributed by atoms with Gasteiger partial charge in [0.15, 0.2) is 0 Å². The highest BCUT2D eigenvalue weighted by Gasteiger charge is 2.31. The number of rotatable bonds is 8. The van der Waals surface area contributed by atoms with Crippen LogP contribution in [0, 0.1) is 0 Å². The number of nitrogens with two attached hydrogens (primary N) is 1. The van der Waals surface area contributed by atoms with Crippen molar-refractivity contribution >= 4 is 9.84 Å². The molecule has 0 aliphatic rings. The van der Waals surface area contributed by atoms with Gasteiger partial charge in [-0.1, -0.05) is 37.3 Å². The summed E-state index contributed by atoms with van der Waals surface area (Å²) in [4.78, 5) is 0. The predicted molar refractivity (Wildman–Crippen MR) is 77.8 cm³/mol. The van der Waals surface area contributed by atoms with Gasteiger partial charge in [-0.15, -0.1) is 0 Å². The maximum absolute atomic E-state index is 11.8. The maximum Gasteiger partial charge on any atom is 0.150 e. The molecule has 0 heterocycles. The molecule has 1 aromatic carbocycles. The Balaban J connectivity index is 2.90. The van der Waals surface area contributed by atoms with Crippen LogP contribution in [0.5, 0.6) is 0 Å². The van der Waals surface area contributed by atoms with Crippen LogP contribution in [-0.2, 0) is 15.3 Å². The zero-order valence-corrected chi connectivity index (χ0v) is 12.2. The van der Waals surface area contributed by atoms with Crippen LogP contribution in [0.25, 0.3) is 0 Å². The molecule has 0 saturated heterocycles. The van der Waals surface area contributed by atoms with Crippen LogP contribution < -0.4 is 5.73 Å². The van der Waals surface area contributed by atoms with Crippen molar-refractivity contribution in [3.8, 4) is 0 Å². The first-order valence-corrected chi connectivity index (χ1v) is 8.38. The molecule has 4 nitrogen and oxygen atoms in total. The van der Waals surface area contributed by atoms with E-state index in [0.717, 1.165) is 5.56 Å². The summed E-state index contributed by atoms with van der Waals surface area (Å²) in [5.74, 6) is 0.251. The first-order valence-electron chi connectivity index (χ1n) is 6.56. The van der Waals surface area contributed by atoms with Gasteiger partial charge in [-0.05, 0) is 18.4 Å². The summed E-state index contributed by atoms with van der Waals surface area (Å²) in [6, 6.07) is 9.40. The van der Waals surface area contributed by atoms with Crippen molar-refractivity contribution in [2.45, 2.75) is 25.2 Å². The first kappa shape index (κ1) is 16.1. The van der Waals surface area contributed by atoms with E-state index in [-0.39, 0.29) is 24.7 Å². The molecular weight excluding hydrogens is 262 g/mol. The molecule has 0 aliphatic heterocycles. The van der Waals surface area contributed by atoms with Crippen LogP contribution in [-0.4, -0.2) is 38.2 Å². The molecule has 0 aliphatic carbocycles. The molecule has 1 atom stereocenters. The van der Waals surface area contributed by atoms with Crippen molar-refractivity contribution in [1.82, 2.24) is 0 Å². The standard InChI is InChI=1S/C14H23NO3S/c1-2-9-19(17,18)10-8-14(11-15,12-16)13-6-4-3-5-7-13/h3-7,16H,2,8-12,15H2,1H3. The van der Waals surface area contributed by atoms with Crippen LogP contribution >= 0.6 is 0 Å². The van der Waals surface area contributed by atoms with Gasteiger partial charge in [0.1, 0.15) is 9.84 Å². The zero-order chi connectivity index (χ0) is 14.4. The largest absolute Gasteiger partial charge is 0.395 e. The SMILES string of the molecule is CCCS(=O)(=O)CCC(CN)(CO)c1ccccc1. The maximum atomic E-state index is 11.8. The molecular formula is C14H23NO3S. The summed E-state index contributed by atoms with van der Waals surface area (Å²) in [5, 5.41) is 9.68. The van der Waals surface area contributed by atoms with Gasteiger partial charge in [0.05, 0.1) is 12.4 Å². The number of hydrogen-bond acceptors (Lipinski definition) is 4. The fourth-order valence-corrected chi connectivity index (χ4v) is 3.68. The van der Waals surface area contributed by atoms with Crippen molar-refractivity contribution < 1.29 is 13.5 Å². The highest BCUT2D eigenvalue weighted by molar-refractivity contribution is 7.91. The molecule has 5 heteroatoms. The number of aliphatic hydroxyl groups excluding tert-OH is 1. The minimum atomic E-state index is -3.06. The molecule has 1 rings (SSSR count). The summed E-state index contributed by atoms with van der Waals surface area (Å²) >= 11 is 0. The number of sulfone groups is 1. The Bertz CT molecular complexity index is 467. The van der Waals surface area contributed by atoms with E-state index in [2.05, 4.69) is 0 Å². The van der Waals surface area contributed by atoms with Crippen LogP contribution in [0.1, 0.15) is 25.3 Å². The normalized spacial score (nSPS) is 15.1. The van der Waals surface area contributed by atoms with Crippen molar-refractivity contribution in [2.24, 2.45) is 5.73 Å². The van der Waals surface area contributed by atoms with Crippen molar-refractivity contribution in [3.63, 3.8) is 0 Å². The zero-order valence-electron chi connectivity index (χ0n) is 11.4. The number of aliphatic hydroxyl groups is 1. The van der Waals surface area contributed by atoms with E-state index in [9.17, 15) is 13.5 Å². The van der Waals surface area contributed by atoms with Gasteiger partial charge in [-0.3, -0.25) is 0 Å². The Morgan fingerprint density at radius 3 is 2.32 bits per heavy atom. The lowest BCUT2D eigenvalue weighted by molar-refractivity contribution is 0.193. The molecule has 0 saturated carbocycles. The van der Waals surface area contributed by atoms with E-state index in [4.69, 9.17) is 5.73 Å². The smallest absolute Gasteiger partial charge is 0.150 e. The third-order valence-electron chi connectivity index (χ3n) is 3.49. The van der Waals surface area contributed by atoms with Gasteiger partial charge in [0.2, 0.25) is 0 Å². The predicted octanol–water partition coefficient (Wildman–Crippen LogP) is 1.09. The monoisotopic (exact) mass is 285 g/mol. The molecule has 0 radical (unpaired) electrons. The second kappa shape index (κ2) is 7.03. The second-order valence-corrected chi connectivity index (χ2v) is 7.21. The fraction of sp³-hybridized carbons (Fsp3) is 0.571. The first-order chi connectivity index (χ1) is 8.99. The molecule has 1 aromatic rings. The Hall–Kier alpha value is -0.910. The average molecular weight is 285 g/mol. The molecule has 0 aromatic heterocycles. The lowest BCUT2D eigenvalue weighted by atomic mass is 9.79. The molecule has 0 spiro atoms. The van der Waals surface area contributed by atoms with Gasteiger partial charge < -0.3 is 10.8 Å². The summed E-state index contributed by atoms with van der Waals surface area (Å²) < 4.78 is 23.6. The summed E-state index contributed by atoms with van der Waals surface area (Å²) in [7, 11) is -3.06. The number of hydrogen-bond donors (Lipinski definition) is 2. The van der Waals surface area contributed by atoms with E-state index in [1.54, 1.807) is 0 Å². The van der Waals surface area contributed by atoms with E-state index in [1.807, 2.05) is 37.3 Å². The molecule has 0 amide bonds. The lowest BCUT2D eigenvalue weighted by Crippen LogP contribution is -2.40. The molecule has 0 bridgehead atoms.